The molecule has 0 aromatic rings. The van der Waals surface area contributed by atoms with Gasteiger partial charge in [0, 0.05) is 26.3 Å². The minimum atomic E-state index is -0.839. The molecule has 2 fully saturated rings. The molecule has 0 aliphatic carbocycles. The lowest BCUT2D eigenvalue weighted by Crippen LogP contribution is -2.39. The van der Waals surface area contributed by atoms with E-state index >= 15 is 0 Å². The van der Waals surface area contributed by atoms with Crippen LogP contribution in [0.15, 0.2) is 0 Å². The molecule has 104 valence electrons. The fourth-order valence-electron chi connectivity index (χ4n) is 2.61. The Morgan fingerprint density at radius 2 is 2.11 bits per heavy atom. The van der Waals surface area contributed by atoms with Gasteiger partial charge < -0.3 is 19.9 Å². The zero-order valence-corrected chi connectivity index (χ0v) is 11.0. The first kappa shape index (κ1) is 13.8. The fraction of sp³-hybridized carbons (Fsp3) is 0.923. The van der Waals surface area contributed by atoms with Gasteiger partial charge in [-0.1, -0.05) is 6.92 Å². The smallest absolute Gasteiger partial charge is 0.332 e. The highest BCUT2D eigenvalue weighted by Crippen LogP contribution is 2.28. The topological polar surface area (TPSA) is 67.8 Å². The Hall–Kier alpha value is -0.650. The number of carbonyl (C=O) groups is 1. The van der Waals surface area contributed by atoms with E-state index in [0.29, 0.717) is 11.8 Å². The molecule has 0 amide bonds. The maximum Gasteiger partial charge on any atom is 0.332 e. The second kappa shape index (κ2) is 5.99. The number of ether oxygens (including phenoxy) is 2. The van der Waals surface area contributed by atoms with Crippen LogP contribution in [0, 0.1) is 5.41 Å². The summed E-state index contributed by atoms with van der Waals surface area (Å²) in [5, 5.41) is 12.3. The quantitative estimate of drug-likeness (QED) is 0.770. The summed E-state index contributed by atoms with van der Waals surface area (Å²) in [4.78, 5) is 10.8. The summed E-state index contributed by atoms with van der Waals surface area (Å²) in [7, 11) is 0. The summed E-state index contributed by atoms with van der Waals surface area (Å²) in [5.74, 6) is -0.839. The molecule has 2 atom stereocenters. The molecule has 2 saturated heterocycles. The van der Waals surface area contributed by atoms with E-state index in [4.69, 9.17) is 14.6 Å². The van der Waals surface area contributed by atoms with E-state index in [1.54, 1.807) is 0 Å². The van der Waals surface area contributed by atoms with Gasteiger partial charge in [0.2, 0.25) is 0 Å². The summed E-state index contributed by atoms with van der Waals surface area (Å²) >= 11 is 0. The first-order chi connectivity index (χ1) is 8.59. The number of carboxylic acids is 1. The van der Waals surface area contributed by atoms with E-state index in [0.717, 1.165) is 45.6 Å². The molecule has 2 heterocycles. The minimum absolute atomic E-state index is 0.0505. The van der Waals surface area contributed by atoms with Crippen LogP contribution in [0.5, 0.6) is 0 Å². The number of hydrogen-bond donors (Lipinski definition) is 2. The zero-order valence-electron chi connectivity index (χ0n) is 11.0. The Morgan fingerprint density at radius 3 is 2.72 bits per heavy atom. The highest BCUT2D eigenvalue weighted by atomic mass is 16.5. The van der Waals surface area contributed by atoms with Crippen LogP contribution in [-0.4, -0.2) is 49.6 Å². The highest BCUT2D eigenvalue weighted by molar-refractivity contribution is 5.72. The van der Waals surface area contributed by atoms with Crippen LogP contribution in [0.4, 0.5) is 0 Å². The van der Waals surface area contributed by atoms with E-state index < -0.39 is 12.1 Å². The van der Waals surface area contributed by atoms with Crippen LogP contribution in [0.3, 0.4) is 0 Å². The number of nitrogens with one attached hydrogen (secondary N) is 1. The number of aliphatic carboxylic acids is 1. The van der Waals surface area contributed by atoms with Crippen molar-refractivity contribution in [1.29, 1.82) is 0 Å². The van der Waals surface area contributed by atoms with Crippen molar-refractivity contribution in [2.75, 3.05) is 26.3 Å². The number of rotatable bonds is 5. The van der Waals surface area contributed by atoms with Crippen molar-refractivity contribution in [1.82, 2.24) is 5.32 Å². The van der Waals surface area contributed by atoms with Gasteiger partial charge >= 0.3 is 5.97 Å². The van der Waals surface area contributed by atoms with Crippen LogP contribution in [0.25, 0.3) is 0 Å². The fourth-order valence-corrected chi connectivity index (χ4v) is 2.61. The second-order valence-corrected chi connectivity index (χ2v) is 5.72. The molecule has 2 N–H and O–H groups in total. The Bertz CT molecular complexity index is 289. The normalized spacial score (nSPS) is 31.4. The van der Waals surface area contributed by atoms with Crippen molar-refractivity contribution in [2.24, 2.45) is 5.41 Å². The summed E-state index contributed by atoms with van der Waals surface area (Å²) < 4.78 is 10.8. The number of carboxylic acid groups (broad SMARTS) is 1. The minimum Gasteiger partial charge on any atom is -0.479 e. The van der Waals surface area contributed by atoms with Gasteiger partial charge in [-0.25, -0.2) is 4.79 Å². The van der Waals surface area contributed by atoms with E-state index in [1.807, 2.05) is 0 Å². The summed E-state index contributed by atoms with van der Waals surface area (Å²) in [6.45, 7) is 5.67. The van der Waals surface area contributed by atoms with E-state index in [-0.39, 0.29) is 6.10 Å². The maximum absolute atomic E-state index is 10.8. The van der Waals surface area contributed by atoms with Crippen molar-refractivity contribution in [3.05, 3.63) is 0 Å². The lowest BCUT2D eigenvalue weighted by atomic mass is 9.82. The van der Waals surface area contributed by atoms with Gasteiger partial charge in [0.15, 0.2) is 6.10 Å². The van der Waals surface area contributed by atoms with E-state index in [2.05, 4.69) is 12.2 Å². The molecular weight excluding hydrogens is 234 g/mol. The molecule has 0 aromatic carbocycles. The third kappa shape index (κ3) is 3.67. The van der Waals surface area contributed by atoms with Crippen LogP contribution >= 0.6 is 0 Å². The summed E-state index contributed by atoms with van der Waals surface area (Å²) in [5.41, 5.74) is 0.309. The molecule has 0 radical (unpaired) electrons. The molecule has 5 nitrogen and oxygen atoms in total. The average Bonchev–Trinajstić information content (AvgIpc) is 2.78. The molecule has 0 spiro atoms. The van der Waals surface area contributed by atoms with Gasteiger partial charge in [0.25, 0.3) is 0 Å². The predicted octanol–water partition coefficient (Wildman–Crippen LogP) is 1.02. The molecule has 0 saturated carbocycles. The van der Waals surface area contributed by atoms with Gasteiger partial charge in [-0.15, -0.1) is 0 Å². The Kier molecular flexibility index (Phi) is 4.59. The Balaban J connectivity index is 1.65. The molecule has 2 aliphatic rings. The van der Waals surface area contributed by atoms with Crippen molar-refractivity contribution < 1.29 is 19.4 Å². The number of hydrogen-bond acceptors (Lipinski definition) is 4. The van der Waals surface area contributed by atoms with E-state index in [1.165, 1.54) is 0 Å². The summed E-state index contributed by atoms with van der Waals surface area (Å²) in [6, 6.07) is 0. The largest absolute Gasteiger partial charge is 0.479 e. The molecule has 2 rings (SSSR count). The third-order valence-corrected chi connectivity index (χ3v) is 4.01. The lowest BCUT2D eigenvalue weighted by Gasteiger charge is -2.34. The molecule has 0 bridgehead atoms. The Labute approximate surface area is 108 Å². The highest BCUT2D eigenvalue weighted by Gasteiger charge is 2.31. The molecule has 5 heteroatoms. The first-order valence-corrected chi connectivity index (χ1v) is 6.76. The van der Waals surface area contributed by atoms with Gasteiger partial charge in [-0.05, 0) is 31.1 Å². The average molecular weight is 257 g/mol. The van der Waals surface area contributed by atoms with Gasteiger partial charge in [-0.2, -0.15) is 0 Å². The van der Waals surface area contributed by atoms with Crippen molar-refractivity contribution in [3.63, 3.8) is 0 Å². The third-order valence-electron chi connectivity index (χ3n) is 4.01. The Morgan fingerprint density at radius 1 is 1.39 bits per heavy atom. The van der Waals surface area contributed by atoms with Gasteiger partial charge in [0.1, 0.15) is 0 Å². The molecule has 18 heavy (non-hydrogen) atoms. The van der Waals surface area contributed by atoms with Gasteiger partial charge in [0.05, 0.1) is 6.10 Å². The van der Waals surface area contributed by atoms with E-state index in [9.17, 15) is 4.79 Å². The van der Waals surface area contributed by atoms with Crippen molar-refractivity contribution in [2.45, 2.75) is 44.8 Å². The molecule has 2 unspecified atom stereocenters. The lowest BCUT2D eigenvalue weighted by molar-refractivity contribution is -0.149. The van der Waals surface area contributed by atoms with Crippen LogP contribution in [-0.2, 0) is 14.3 Å². The SMILES string of the molecule is CC1(CNCC2CCC(C(=O)O)O2)CCOCC1. The standard InChI is InChI=1S/C13H23NO4/c1-13(4-6-17-7-5-13)9-14-8-10-2-3-11(18-10)12(15)16/h10-11,14H,2-9H2,1H3,(H,15,16). The van der Waals surface area contributed by atoms with Crippen LogP contribution < -0.4 is 5.32 Å². The zero-order chi connectivity index (χ0) is 13.0. The van der Waals surface area contributed by atoms with Crippen LogP contribution in [0.2, 0.25) is 0 Å². The molecule has 2 aliphatic heterocycles. The predicted molar refractivity (Wildman–Crippen MR) is 66.6 cm³/mol. The van der Waals surface area contributed by atoms with Crippen LogP contribution in [0.1, 0.15) is 32.6 Å². The van der Waals surface area contributed by atoms with Crippen molar-refractivity contribution in [3.8, 4) is 0 Å². The second-order valence-electron chi connectivity index (χ2n) is 5.72. The van der Waals surface area contributed by atoms with Gasteiger partial charge in [-0.3, -0.25) is 0 Å². The maximum atomic E-state index is 10.8. The summed E-state index contributed by atoms with van der Waals surface area (Å²) in [6.07, 6.45) is 3.09. The molecular formula is C13H23NO4. The molecule has 0 aromatic heterocycles. The first-order valence-electron chi connectivity index (χ1n) is 6.76. The monoisotopic (exact) mass is 257 g/mol. The van der Waals surface area contributed by atoms with Crippen molar-refractivity contribution >= 4 is 5.97 Å².